The first-order valence-electron chi connectivity index (χ1n) is 12.7. The highest BCUT2D eigenvalue weighted by Crippen LogP contribution is 2.38. The van der Waals surface area contributed by atoms with Gasteiger partial charge < -0.3 is 15.5 Å². The zero-order chi connectivity index (χ0) is 21.5. The van der Waals surface area contributed by atoms with Crippen LogP contribution in [0.3, 0.4) is 0 Å². The molecule has 31 heavy (non-hydrogen) atoms. The van der Waals surface area contributed by atoms with Crippen LogP contribution in [0.1, 0.15) is 71.1 Å². The van der Waals surface area contributed by atoms with E-state index in [0.29, 0.717) is 43.2 Å². The fraction of sp³-hybridized carbons (Fsp3) is 0.917. The summed E-state index contributed by atoms with van der Waals surface area (Å²) in [5.74, 6) is 0.837. The first kappa shape index (κ1) is 21.6. The number of amides is 2. The molecular formula is C24H39FN4O2. The number of alkyl halides is 1. The van der Waals surface area contributed by atoms with Gasteiger partial charge in [0.05, 0.1) is 6.04 Å². The van der Waals surface area contributed by atoms with Gasteiger partial charge in [0.25, 0.3) is 0 Å². The number of hydrogen-bond donors (Lipinski definition) is 2. The van der Waals surface area contributed by atoms with Crippen molar-refractivity contribution >= 4 is 11.8 Å². The van der Waals surface area contributed by atoms with Crippen molar-refractivity contribution < 1.29 is 14.0 Å². The fourth-order valence-electron chi connectivity index (χ4n) is 7.14. The van der Waals surface area contributed by atoms with Crippen molar-refractivity contribution in [3.05, 3.63) is 0 Å². The minimum Gasteiger partial charge on any atom is -0.352 e. The molecule has 0 aromatic heterocycles. The monoisotopic (exact) mass is 434 g/mol. The molecule has 0 radical (unpaired) electrons. The molecule has 3 aliphatic heterocycles. The van der Waals surface area contributed by atoms with Crippen LogP contribution < -0.4 is 10.6 Å². The highest BCUT2D eigenvalue weighted by Gasteiger charge is 2.46. The maximum Gasteiger partial charge on any atom is 0.237 e. The molecule has 174 valence electrons. The molecule has 5 rings (SSSR count). The Kier molecular flexibility index (Phi) is 6.26. The first-order valence-corrected chi connectivity index (χ1v) is 12.7. The second kappa shape index (κ2) is 8.97. The summed E-state index contributed by atoms with van der Waals surface area (Å²) in [7, 11) is 0. The molecule has 2 N–H and O–H groups in total. The molecule has 3 saturated heterocycles. The van der Waals surface area contributed by atoms with Crippen molar-refractivity contribution in [1.82, 2.24) is 20.4 Å². The average Bonchev–Trinajstić information content (AvgIpc) is 3.50. The van der Waals surface area contributed by atoms with E-state index in [0.717, 1.165) is 58.2 Å². The van der Waals surface area contributed by atoms with E-state index in [-0.39, 0.29) is 30.0 Å². The summed E-state index contributed by atoms with van der Waals surface area (Å²) < 4.78 is 14.4. The summed E-state index contributed by atoms with van der Waals surface area (Å²) in [6, 6.07) is 0.990. The molecule has 2 amide bonds. The van der Waals surface area contributed by atoms with Gasteiger partial charge in [0.1, 0.15) is 6.17 Å². The molecule has 0 aromatic rings. The van der Waals surface area contributed by atoms with E-state index in [1.807, 2.05) is 0 Å². The number of fused-ring (bicyclic) bond motifs is 1. The maximum absolute atomic E-state index is 14.4. The van der Waals surface area contributed by atoms with Crippen molar-refractivity contribution in [3.63, 3.8) is 0 Å². The lowest BCUT2D eigenvalue weighted by Gasteiger charge is -2.36. The topological polar surface area (TPSA) is 64.7 Å². The average molecular weight is 435 g/mol. The number of hydrogen-bond acceptors (Lipinski definition) is 4. The Bertz CT molecular complexity index is 672. The Morgan fingerprint density at radius 1 is 1.06 bits per heavy atom. The van der Waals surface area contributed by atoms with E-state index in [1.165, 1.54) is 6.42 Å². The number of carbonyl (C=O) groups is 2. The number of rotatable bonds is 4. The third-order valence-electron chi connectivity index (χ3n) is 8.91. The number of nitrogens with one attached hydrogen (secondary N) is 2. The van der Waals surface area contributed by atoms with Gasteiger partial charge in [0, 0.05) is 56.1 Å². The summed E-state index contributed by atoms with van der Waals surface area (Å²) in [6.07, 6.45) is 8.56. The summed E-state index contributed by atoms with van der Waals surface area (Å²) in [4.78, 5) is 29.8. The molecule has 0 spiro atoms. The molecule has 3 heterocycles. The second-order valence-electron chi connectivity index (χ2n) is 10.9. The van der Waals surface area contributed by atoms with Crippen molar-refractivity contribution in [2.45, 2.75) is 108 Å². The van der Waals surface area contributed by atoms with E-state index in [9.17, 15) is 14.0 Å². The molecule has 8 atom stereocenters. The van der Waals surface area contributed by atoms with E-state index in [4.69, 9.17) is 0 Å². The lowest BCUT2D eigenvalue weighted by atomic mass is 9.77. The number of halogens is 1. The maximum atomic E-state index is 14.4. The normalized spacial score (nSPS) is 43.9. The number of likely N-dealkylation sites (tertiary alicyclic amines) is 2. The second-order valence-corrected chi connectivity index (χ2v) is 10.9. The first-order chi connectivity index (χ1) is 15.0. The Balaban J connectivity index is 1.13. The smallest absolute Gasteiger partial charge is 0.237 e. The van der Waals surface area contributed by atoms with E-state index < -0.39 is 6.17 Å². The minimum absolute atomic E-state index is 0.00608. The fourth-order valence-corrected chi connectivity index (χ4v) is 7.14. The van der Waals surface area contributed by atoms with Crippen LogP contribution in [0.5, 0.6) is 0 Å². The van der Waals surface area contributed by atoms with Gasteiger partial charge in [-0.05, 0) is 63.7 Å². The molecule has 5 fully saturated rings. The highest BCUT2D eigenvalue weighted by atomic mass is 19.1. The summed E-state index contributed by atoms with van der Waals surface area (Å²) in [5.41, 5.74) is 0. The van der Waals surface area contributed by atoms with Crippen molar-refractivity contribution in [2.75, 3.05) is 19.6 Å². The van der Waals surface area contributed by atoms with E-state index >= 15 is 0 Å². The quantitative estimate of drug-likeness (QED) is 0.712. The summed E-state index contributed by atoms with van der Waals surface area (Å²) in [5, 5.41) is 6.78. The van der Waals surface area contributed by atoms with Crippen LogP contribution in [0.25, 0.3) is 0 Å². The SMILES string of the molecule is CC1CCC(F)C2CC(C(=O)N[C@@H]3CCC[C@H](N4CCC(N5CCCC5=O)C4)C3)NC12. The lowest BCUT2D eigenvalue weighted by molar-refractivity contribution is -0.129. The zero-order valence-electron chi connectivity index (χ0n) is 18.9. The van der Waals surface area contributed by atoms with Gasteiger partial charge in [-0.3, -0.25) is 14.5 Å². The molecule has 6 unspecified atom stereocenters. The van der Waals surface area contributed by atoms with Crippen LogP contribution in [-0.4, -0.2) is 77.6 Å². The van der Waals surface area contributed by atoms with E-state index in [2.05, 4.69) is 27.4 Å². The van der Waals surface area contributed by atoms with Crippen LogP contribution >= 0.6 is 0 Å². The van der Waals surface area contributed by atoms with Crippen LogP contribution in [0.15, 0.2) is 0 Å². The van der Waals surface area contributed by atoms with Crippen molar-refractivity contribution in [1.29, 1.82) is 0 Å². The number of nitrogens with zero attached hydrogens (tertiary/aromatic N) is 2. The Morgan fingerprint density at radius 3 is 2.71 bits per heavy atom. The third-order valence-corrected chi connectivity index (χ3v) is 8.91. The third kappa shape index (κ3) is 4.37. The minimum atomic E-state index is -0.767. The van der Waals surface area contributed by atoms with Crippen LogP contribution in [-0.2, 0) is 9.59 Å². The van der Waals surface area contributed by atoms with Crippen LogP contribution in [0.2, 0.25) is 0 Å². The molecule has 0 bridgehead atoms. The van der Waals surface area contributed by atoms with Crippen LogP contribution in [0, 0.1) is 11.8 Å². The van der Waals surface area contributed by atoms with Crippen molar-refractivity contribution in [3.8, 4) is 0 Å². The lowest BCUT2D eigenvalue weighted by Crippen LogP contribution is -2.51. The molecule has 6 nitrogen and oxygen atoms in total. The predicted molar refractivity (Wildman–Crippen MR) is 117 cm³/mol. The summed E-state index contributed by atoms with van der Waals surface area (Å²) in [6.45, 7) is 5.15. The highest BCUT2D eigenvalue weighted by molar-refractivity contribution is 5.82. The Hall–Kier alpha value is -1.21. The standard InChI is InChI=1S/C24H39FN4O2/c1-15-7-8-20(25)19-13-21(27-23(15)19)24(31)26-16-4-2-5-17(12-16)28-11-9-18(14-28)29-10-3-6-22(29)30/h15-21,23,27H,2-14H2,1H3,(H,26,31)/t15?,16-,17+,18?,19?,20?,21?,23?/m1/s1. The van der Waals surface area contributed by atoms with Crippen molar-refractivity contribution in [2.24, 2.45) is 11.8 Å². The molecule has 2 aliphatic carbocycles. The van der Waals surface area contributed by atoms with Gasteiger partial charge >= 0.3 is 0 Å². The van der Waals surface area contributed by atoms with Gasteiger partial charge in [0.15, 0.2) is 0 Å². The van der Waals surface area contributed by atoms with E-state index in [1.54, 1.807) is 0 Å². The molecule has 5 aliphatic rings. The predicted octanol–water partition coefficient (Wildman–Crippen LogP) is 2.23. The molecule has 7 heteroatoms. The summed E-state index contributed by atoms with van der Waals surface area (Å²) >= 11 is 0. The van der Waals surface area contributed by atoms with Gasteiger partial charge in [0.2, 0.25) is 11.8 Å². The Morgan fingerprint density at radius 2 is 1.94 bits per heavy atom. The van der Waals surface area contributed by atoms with Gasteiger partial charge in [-0.25, -0.2) is 4.39 Å². The zero-order valence-corrected chi connectivity index (χ0v) is 18.9. The largest absolute Gasteiger partial charge is 0.352 e. The number of carbonyl (C=O) groups excluding carboxylic acids is 2. The molecule has 0 aromatic carbocycles. The van der Waals surface area contributed by atoms with Gasteiger partial charge in [-0.2, -0.15) is 0 Å². The Labute approximate surface area is 185 Å². The molecule has 2 saturated carbocycles. The van der Waals surface area contributed by atoms with Gasteiger partial charge in [-0.1, -0.05) is 6.92 Å². The molecular weight excluding hydrogens is 395 g/mol. The van der Waals surface area contributed by atoms with Crippen LogP contribution in [0.4, 0.5) is 4.39 Å². The van der Waals surface area contributed by atoms with Gasteiger partial charge in [-0.15, -0.1) is 0 Å².